The lowest BCUT2D eigenvalue weighted by Crippen LogP contribution is -2.30. The molecule has 6 atom stereocenters. The van der Waals surface area contributed by atoms with Crippen molar-refractivity contribution in [3.63, 3.8) is 0 Å². The Bertz CT molecular complexity index is 1890. The van der Waals surface area contributed by atoms with Crippen molar-refractivity contribution in [3.8, 4) is 0 Å². The van der Waals surface area contributed by atoms with E-state index in [1.165, 1.54) is 193 Å². The summed E-state index contributed by atoms with van der Waals surface area (Å²) in [7, 11) is -9.92. The average molecular weight is 1410 g/mol. The van der Waals surface area contributed by atoms with E-state index in [0.29, 0.717) is 25.7 Å². The van der Waals surface area contributed by atoms with Crippen molar-refractivity contribution < 1.29 is 80.2 Å². The fourth-order valence-corrected chi connectivity index (χ4v) is 13.3. The molecule has 570 valence electrons. The first-order valence-electron chi connectivity index (χ1n) is 39.7. The lowest BCUT2D eigenvalue weighted by atomic mass is 9.99. The van der Waals surface area contributed by atoms with Gasteiger partial charge >= 0.3 is 39.5 Å². The summed E-state index contributed by atoms with van der Waals surface area (Å²) in [5.41, 5.74) is 0. The van der Waals surface area contributed by atoms with E-state index in [1.807, 2.05) is 0 Å². The van der Waals surface area contributed by atoms with Crippen LogP contribution in [-0.4, -0.2) is 96.7 Å². The van der Waals surface area contributed by atoms with Crippen LogP contribution in [0.25, 0.3) is 0 Å². The third kappa shape index (κ3) is 69.2. The molecule has 0 aromatic carbocycles. The topological polar surface area (TPSA) is 237 Å². The summed E-state index contributed by atoms with van der Waals surface area (Å²) in [6, 6.07) is 0. The largest absolute Gasteiger partial charge is 0.472 e. The van der Waals surface area contributed by atoms with Crippen LogP contribution in [0, 0.1) is 23.7 Å². The minimum Gasteiger partial charge on any atom is -0.462 e. The predicted molar refractivity (Wildman–Crippen MR) is 391 cm³/mol. The molecular weight excluding hydrogens is 1260 g/mol. The van der Waals surface area contributed by atoms with Crippen LogP contribution in [0.1, 0.15) is 389 Å². The van der Waals surface area contributed by atoms with Crippen molar-refractivity contribution >= 4 is 39.5 Å². The smallest absolute Gasteiger partial charge is 0.462 e. The number of phosphoric acid groups is 2. The second-order valence-electron chi connectivity index (χ2n) is 29.4. The molecule has 0 aromatic heterocycles. The molecule has 3 unspecified atom stereocenters. The monoisotopic (exact) mass is 1410 g/mol. The molecule has 17 nitrogen and oxygen atoms in total. The van der Waals surface area contributed by atoms with E-state index in [-0.39, 0.29) is 25.7 Å². The summed E-state index contributed by atoms with van der Waals surface area (Å²) in [4.78, 5) is 72.9. The van der Waals surface area contributed by atoms with E-state index in [2.05, 4.69) is 55.4 Å². The van der Waals surface area contributed by atoms with Crippen LogP contribution in [0.5, 0.6) is 0 Å². The SMILES string of the molecule is CCC(C)CCCCCCCCCCCCC(=O)OC[C@H](COP(=O)(O)OC[C@@H](O)COP(=O)(O)OC[C@@H](COC(=O)CCCCCCCCCCCC(C)C)OC(=O)CCCCCCCCCCCC(C)C)OC(=O)CCCCCCCCCCCCCCCCCC(C)C. The molecule has 96 heavy (non-hydrogen) atoms. The van der Waals surface area contributed by atoms with E-state index in [1.54, 1.807) is 0 Å². The molecule has 3 N–H and O–H groups in total. The Balaban J connectivity index is 5.26. The third-order valence-electron chi connectivity index (χ3n) is 18.2. The fraction of sp³-hybridized carbons (Fsp3) is 0.948. The Morgan fingerprint density at radius 2 is 0.500 bits per heavy atom. The number of rotatable bonds is 74. The van der Waals surface area contributed by atoms with Crippen LogP contribution in [0.2, 0.25) is 0 Å². The quantitative estimate of drug-likeness (QED) is 0.0222. The number of aliphatic hydroxyl groups is 1. The van der Waals surface area contributed by atoms with Gasteiger partial charge in [-0.25, -0.2) is 9.13 Å². The number of phosphoric ester groups is 2. The van der Waals surface area contributed by atoms with Gasteiger partial charge in [0.15, 0.2) is 12.2 Å². The summed E-state index contributed by atoms with van der Waals surface area (Å²) in [6.45, 7) is 14.2. The number of aliphatic hydroxyl groups excluding tert-OH is 1. The maximum atomic E-state index is 13.1. The molecule has 0 heterocycles. The number of carbonyl (C=O) groups is 4. The Hall–Kier alpha value is -1.94. The number of ether oxygens (including phenoxy) is 4. The zero-order valence-electron chi connectivity index (χ0n) is 63.0. The first-order chi connectivity index (χ1) is 46.1. The highest BCUT2D eigenvalue weighted by Crippen LogP contribution is 2.45. The highest BCUT2D eigenvalue weighted by Gasteiger charge is 2.30. The lowest BCUT2D eigenvalue weighted by molar-refractivity contribution is -0.161. The molecule has 0 saturated carbocycles. The summed E-state index contributed by atoms with van der Waals surface area (Å²) in [6.07, 6.45) is 51.2. The molecule has 0 amide bonds. The summed E-state index contributed by atoms with van der Waals surface area (Å²) < 4.78 is 68.6. The Morgan fingerprint density at radius 3 is 0.740 bits per heavy atom. The molecule has 0 radical (unpaired) electrons. The van der Waals surface area contributed by atoms with E-state index < -0.39 is 97.5 Å². The molecule has 0 aromatic rings. The van der Waals surface area contributed by atoms with Crippen molar-refractivity contribution in [2.45, 2.75) is 408 Å². The van der Waals surface area contributed by atoms with E-state index in [0.717, 1.165) is 114 Å². The molecule has 0 aliphatic rings. The molecule has 0 bridgehead atoms. The molecule has 0 spiro atoms. The second kappa shape index (κ2) is 66.3. The summed E-state index contributed by atoms with van der Waals surface area (Å²) in [5, 5.41) is 10.6. The number of carbonyl (C=O) groups excluding carboxylic acids is 4. The van der Waals surface area contributed by atoms with Crippen molar-refractivity contribution in [2.75, 3.05) is 39.6 Å². The first kappa shape index (κ1) is 94.1. The zero-order valence-corrected chi connectivity index (χ0v) is 64.8. The maximum absolute atomic E-state index is 13.1. The standard InChI is InChI=1S/C77H150O17P2/c1-9-70(8)56-48-40-32-24-17-18-25-33-41-49-57-74(79)87-63-72(93-76(81)59-51-43-35-26-16-14-12-10-11-13-15-21-29-37-45-53-67(2)3)65-91-95(83,84)89-61-71(78)62-90-96(85,86)92-66-73(94-77(82)60-52-44-36-28-20-23-31-39-47-55-69(6)7)64-88-75(80)58-50-42-34-27-19-22-30-38-46-54-68(4)5/h67-73,78H,9-66H2,1-8H3,(H,83,84)(H,85,86)/t70?,71-,72-,73-/m1/s1. The van der Waals surface area contributed by atoms with Crippen LogP contribution >= 0.6 is 15.6 Å². The van der Waals surface area contributed by atoms with Crippen molar-refractivity contribution in [2.24, 2.45) is 23.7 Å². The Morgan fingerprint density at radius 1 is 0.292 bits per heavy atom. The van der Waals surface area contributed by atoms with Gasteiger partial charge in [0.2, 0.25) is 0 Å². The van der Waals surface area contributed by atoms with Gasteiger partial charge in [-0.3, -0.25) is 37.3 Å². The second-order valence-corrected chi connectivity index (χ2v) is 32.3. The molecule has 0 fully saturated rings. The van der Waals surface area contributed by atoms with Gasteiger partial charge in [0.25, 0.3) is 0 Å². The molecule has 19 heteroatoms. The van der Waals surface area contributed by atoms with Gasteiger partial charge < -0.3 is 33.8 Å². The van der Waals surface area contributed by atoms with Crippen LogP contribution in [0.15, 0.2) is 0 Å². The minimum absolute atomic E-state index is 0.105. The summed E-state index contributed by atoms with van der Waals surface area (Å²) in [5.74, 6) is 0.973. The van der Waals surface area contributed by atoms with Gasteiger partial charge in [-0.15, -0.1) is 0 Å². The van der Waals surface area contributed by atoms with Crippen LogP contribution in [0.3, 0.4) is 0 Å². The van der Waals surface area contributed by atoms with Crippen LogP contribution in [-0.2, 0) is 65.4 Å². The Labute approximate surface area is 588 Å². The number of esters is 4. The highest BCUT2D eigenvalue weighted by atomic mass is 31.2. The normalized spacial score (nSPS) is 14.4. The molecule has 0 aliphatic carbocycles. The predicted octanol–water partition coefficient (Wildman–Crippen LogP) is 22.4. The molecular formula is C77H150O17P2. The lowest BCUT2D eigenvalue weighted by Gasteiger charge is -2.21. The zero-order chi connectivity index (χ0) is 71.0. The van der Waals surface area contributed by atoms with Crippen molar-refractivity contribution in [1.29, 1.82) is 0 Å². The van der Waals surface area contributed by atoms with E-state index in [9.17, 15) is 43.2 Å². The van der Waals surface area contributed by atoms with E-state index >= 15 is 0 Å². The number of hydrogen-bond acceptors (Lipinski definition) is 15. The van der Waals surface area contributed by atoms with Gasteiger partial charge in [-0.05, 0) is 49.4 Å². The summed E-state index contributed by atoms with van der Waals surface area (Å²) >= 11 is 0. The van der Waals surface area contributed by atoms with Crippen LogP contribution in [0.4, 0.5) is 0 Å². The van der Waals surface area contributed by atoms with Gasteiger partial charge in [-0.1, -0.05) is 338 Å². The fourth-order valence-electron chi connectivity index (χ4n) is 11.7. The number of unbranched alkanes of at least 4 members (excludes halogenated alkanes) is 39. The van der Waals surface area contributed by atoms with Gasteiger partial charge in [-0.2, -0.15) is 0 Å². The third-order valence-corrected chi connectivity index (χ3v) is 20.1. The van der Waals surface area contributed by atoms with Crippen molar-refractivity contribution in [1.82, 2.24) is 0 Å². The van der Waals surface area contributed by atoms with Gasteiger partial charge in [0.05, 0.1) is 26.4 Å². The van der Waals surface area contributed by atoms with Crippen molar-refractivity contribution in [3.05, 3.63) is 0 Å². The minimum atomic E-state index is -4.96. The molecule has 0 saturated heterocycles. The average Bonchev–Trinajstić information content (AvgIpc) is 2.12. The van der Waals surface area contributed by atoms with Crippen LogP contribution < -0.4 is 0 Å². The van der Waals surface area contributed by atoms with Gasteiger partial charge in [0, 0.05) is 25.7 Å². The maximum Gasteiger partial charge on any atom is 0.472 e. The van der Waals surface area contributed by atoms with Gasteiger partial charge in [0.1, 0.15) is 19.3 Å². The highest BCUT2D eigenvalue weighted by molar-refractivity contribution is 7.47. The molecule has 0 rings (SSSR count). The first-order valence-corrected chi connectivity index (χ1v) is 42.7. The molecule has 0 aliphatic heterocycles. The van der Waals surface area contributed by atoms with E-state index in [4.69, 9.17) is 37.0 Å². The number of hydrogen-bond donors (Lipinski definition) is 3. The Kier molecular flexibility index (Phi) is 65.0.